The molecule has 1 aromatic rings. The van der Waals surface area contributed by atoms with Crippen LogP contribution in [-0.4, -0.2) is 18.5 Å². The van der Waals surface area contributed by atoms with Gasteiger partial charge in [-0.25, -0.2) is 0 Å². The molecule has 100 valence electrons. The maximum Gasteiger partial charge on any atom is 0.161 e. The Balaban J connectivity index is 3.01. The topological polar surface area (TPSA) is 18.5 Å². The van der Waals surface area contributed by atoms with Gasteiger partial charge in [0.1, 0.15) is 0 Å². The molecule has 0 aromatic heterocycles. The smallest absolute Gasteiger partial charge is 0.161 e. The van der Waals surface area contributed by atoms with Gasteiger partial charge < -0.3 is 9.47 Å². The van der Waals surface area contributed by atoms with Crippen molar-refractivity contribution in [1.82, 2.24) is 0 Å². The van der Waals surface area contributed by atoms with Gasteiger partial charge in [0.2, 0.25) is 0 Å². The predicted molar refractivity (Wildman–Crippen MR) is 80.8 cm³/mol. The SMILES string of the molecule is CCC(=Cc1ccc(OC(C)C)c(OC)c1)CBr. The van der Waals surface area contributed by atoms with Crippen LogP contribution in [0, 0.1) is 0 Å². The molecule has 2 nitrogen and oxygen atoms in total. The minimum Gasteiger partial charge on any atom is -0.493 e. The van der Waals surface area contributed by atoms with Gasteiger partial charge in [0.05, 0.1) is 13.2 Å². The molecule has 1 aromatic carbocycles. The van der Waals surface area contributed by atoms with Gasteiger partial charge in [0.15, 0.2) is 11.5 Å². The molecular weight excluding hydrogens is 292 g/mol. The highest BCUT2D eigenvalue weighted by atomic mass is 79.9. The number of ether oxygens (including phenoxy) is 2. The molecule has 0 saturated heterocycles. The first-order valence-electron chi connectivity index (χ1n) is 6.20. The molecule has 0 radical (unpaired) electrons. The summed E-state index contributed by atoms with van der Waals surface area (Å²) in [5, 5.41) is 0.899. The molecule has 0 heterocycles. The van der Waals surface area contributed by atoms with E-state index in [-0.39, 0.29) is 6.10 Å². The molecule has 0 amide bonds. The molecule has 0 saturated carbocycles. The zero-order valence-electron chi connectivity index (χ0n) is 11.5. The summed E-state index contributed by atoms with van der Waals surface area (Å²) in [6.45, 7) is 6.17. The van der Waals surface area contributed by atoms with Crippen molar-refractivity contribution in [2.45, 2.75) is 33.3 Å². The Hall–Kier alpha value is -0.960. The maximum absolute atomic E-state index is 5.69. The van der Waals surface area contributed by atoms with Gasteiger partial charge in [-0.05, 0) is 38.0 Å². The summed E-state index contributed by atoms with van der Waals surface area (Å²) in [6, 6.07) is 6.03. The zero-order chi connectivity index (χ0) is 13.5. The average Bonchev–Trinajstić information content (AvgIpc) is 2.36. The van der Waals surface area contributed by atoms with Crippen LogP contribution in [0.15, 0.2) is 23.8 Å². The van der Waals surface area contributed by atoms with Crippen molar-refractivity contribution < 1.29 is 9.47 Å². The molecule has 0 spiro atoms. The van der Waals surface area contributed by atoms with E-state index in [9.17, 15) is 0 Å². The summed E-state index contributed by atoms with van der Waals surface area (Å²) >= 11 is 3.49. The Kier molecular flexibility index (Phi) is 6.27. The number of hydrogen-bond donors (Lipinski definition) is 0. The van der Waals surface area contributed by atoms with Crippen LogP contribution in [0.4, 0.5) is 0 Å². The van der Waals surface area contributed by atoms with Crippen LogP contribution in [0.5, 0.6) is 11.5 Å². The minimum atomic E-state index is 0.147. The van der Waals surface area contributed by atoms with Crippen molar-refractivity contribution in [1.29, 1.82) is 0 Å². The molecule has 0 fully saturated rings. The lowest BCUT2D eigenvalue weighted by Crippen LogP contribution is -2.06. The second-order valence-corrected chi connectivity index (χ2v) is 4.93. The highest BCUT2D eigenvalue weighted by molar-refractivity contribution is 9.09. The normalized spacial score (nSPS) is 11.8. The van der Waals surface area contributed by atoms with Crippen LogP contribution in [0.3, 0.4) is 0 Å². The van der Waals surface area contributed by atoms with E-state index < -0.39 is 0 Å². The zero-order valence-corrected chi connectivity index (χ0v) is 13.1. The van der Waals surface area contributed by atoms with Crippen molar-refractivity contribution in [2.24, 2.45) is 0 Å². The number of benzene rings is 1. The summed E-state index contributed by atoms with van der Waals surface area (Å²) < 4.78 is 11.1. The van der Waals surface area contributed by atoms with Crippen LogP contribution in [0.1, 0.15) is 32.8 Å². The van der Waals surface area contributed by atoms with E-state index in [1.807, 2.05) is 26.0 Å². The van der Waals surface area contributed by atoms with Gasteiger partial charge >= 0.3 is 0 Å². The number of alkyl halides is 1. The van der Waals surface area contributed by atoms with E-state index in [4.69, 9.17) is 9.47 Å². The van der Waals surface area contributed by atoms with E-state index in [1.165, 1.54) is 5.57 Å². The third kappa shape index (κ3) is 4.37. The summed E-state index contributed by atoms with van der Waals surface area (Å²) in [5.74, 6) is 1.57. The van der Waals surface area contributed by atoms with Gasteiger partial charge in [-0.2, -0.15) is 0 Å². The third-order valence-electron chi connectivity index (χ3n) is 2.55. The summed E-state index contributed by atoms with van der Waals surface area (Å²) in [4.78, 5) is 0. The summed E-state index contributed by atoms with van der Waals surface area (Å²) in [7, 11) is 1.67. The van der Waals surface area contributed by atoms with Crippen LogP contribution in [-0.2, 0) is 0 Å². The predicted octanol–water partition coefficient (Wildman–Crippen LogP) is 4.67. The van der Waals surface area contributed by atoms with E-state index >= 15 is 0 Å². The Bertz CT molecular complexity index is 405. The first kappa shape index (κ1) is 15.1. The fourth-order valence-corrected chi connectivity index (χ4v) is 2.15. The number of methoxy groups -OCH3 is 1. The van der Waals surface area contributed by atoms with Crippen molar-refractivity contribution in [3.05, 3.63) is 29.3 Å². The molecule has 3 heteroatoms. The van der Waals surface area contributed by atoms with Crippen LogP contribution in [0.25, 0.3) is 6.08 Å². The molecule has 0 unspecified atom stereocenters. The van der Waals surface area contributed by atoms with Crippen LogP contribution < -0.4 is 9.47 Å². The van der Waals surface area contributed by atoms with E-state index in [2.05, 4.69) is 35.0 Å². The van der Waals surface area contributed by atoms with Crippen molar-refractivity contribution in [2.75, 3.05) is 12.4 Å². The second-order valence-electron chi connectivity index (χ2n) is 4.37. The number of halogens is 1. The summed E-state index contributed by atoms with van der Waals surface area (Å²) in [5.41, 5.74) is 2.49. The molecule has 0 aliphatic rings. The standard InChI is InChI=1S/C15H21BrO2/c1-5-12(10-16)8-13-6-7-14(18-11(2)3)15(9-13)17-4/h6-9,11H,5,10H2,1-4H3. The second kappa shape index (κ2) is 7.47. The number of rotatable bonds is 6. The fourth-order valence-electron chi connectivity index (χ4n) is 1.60. The Morgan fingerprint density at radius 1 is 1.33 bits per heavy atom. The lowest BCUT2D eigenvalue weighted by molar-refractivity contribution is 0.230. The number of hydrogen-bond acceptors (Lipinski definition) is 2. The lowest BCUT2D eigenvalue weighted by atomic mass is 10.1. The highest BCUT2D eigenvalue weighted by Gasteiger charge is 2.06. The van der Waals surface area contributed by atoms with Gasteiger partial charge in [-0.15, -0.1) is 0 Å². The molecule has 0 N–H and O–H groups in total. The Morgan fingerprint density at radius 2 is 2.06 bits per heavy atom. The summed E-state index contributed by atoms with van der Waals surface area (Å²) in [6.07, 6.45) is 3.36. The van der Waals surface area contributed by atoms with E-state index in [1.54, 1.807) is 7.11 Å². The number of allylic oxidation sites excluding steroid dienone is 1. The first-order valence-corrected chi connectivity index (χ1v) is 7.33. The third-order valence-corrected chi connectivity index (χ3v) is 3.27. The largest absolute Gasteiger partial charge is 0.493 e. The quantitative estimate of drug-likeness (QED) is 0.711. The van der Waals surface area contributed by atoms with Crippen LogP contribution in [0.2, 0.25) is 0 Å². The molecule has 0 aliphatic carbocycles. The monoisotopic (exact) mass is 312 g/mol. The van der Waals surface area contributed by atoms with Crippen molar-refractivity contribution in [3.63, 3.8) is 0 Å². The molecule has 0 bridgehead atoms. The molecule has 18 heavy (non-hydrogen) atoms. The maximum atomic E-state index is 5.69. The van der Waals surface area contributed by atoms with Gasteiger partial charge in [0, 0.05) is 5.33 Å². The van der Waals surface area contributed by atoms with E-state index in [0.29, 0.717) is 0 Å². The van der Waals surface area contributed by atoms with Gasteiger partial charge in [-0.1, -0.05) is 40.6 Å². The lowest BCUT2D eigenvalue weighted by Gasteiger charge is -2.14. The minimum absolute atomic E-state index is 0.147. The van der Waals surface area contributed by atoms with Gasteiger partial charge in [0.25, 0.3) is 0 Å². The molecule has 1 rings (SSSR count). The van der Waals surface area contributed by atoms with Crippen molar-refractivity contribution >= 4 is 22.0 Å². The average molecular weight is 313 g/mol. The van der Waals surface area contributed by atoms with Crippen LogP contribution >= 0.6 is 15.9 Å². The fraction of sp³-hybridized carbons (Fsp3) is 0.467. The first-order chi connectivity index (χ1) is 8.60. The Morgan fingerprint density at radius 3 is 2.56 bits per heavy atom. The van der Waals surface area contributed by atoms with Crippen molar-refractivity contribution in [3.8, 4) is 11.5 Å². The van der Waals surface area contributed by atoms with E-state index in [0.717, 1.165) is 28.8 Å². The molecule has 0 atom stereocenters. The molecule has 0 aliphatic heterocycles. The molecular formula is C15H21BrO2. The Labute approximate surface area is 118 Å². The highest BCUT2D eigenvalue weighted by Crippen LogP contribution is 2.30. The van der Waals surface area contributed by atoms with Gasteiger partial charge in [-0.3, -0.25) is 0 Å².